The number of amides is 2. The standard InChI is InChI=1S/C24H20F3N3O5S/c25-24(26,27)17-3-1-2-16(13-17)19(35-23(33)30-10-9-28-14-30)8-11-34-18-6-4-15(5-7-18)12-20-21(31)29-22(32)36-20/h1-7,9-10,13-14,19-20H,8,11-12H2,(H,29,31,32). The van der Waals surface area contributed by atoms with Crippen molar-refractivity contribution in [3.05, 3.63) is 83.9 Å². The highest BCUT2D eigenvalue weighted by Gasteiger charge is 2.32. The summed E-state index contributed by atoms with van der Waals surface area (Å²) in [4.78, 5) is 39.2. The third-order valence-electron chi connectivity index (χ3n) is 5.30. The minimum atomic E-state index is -4.54. The number of benzene rings is 2. The molecule has 2 unspecified atom stereocenters. The molecule has 1 N–H and O–H groups in total. The highest BCUT2D eigenvalue weighted by Crippen LogP contribution is 2.32. The smallest absolute Gasteiger partial charge is 0.419 e. The molecule has 3 aromatic rings. The number of imidazole rings is 1. The van der Waals surface area contributed by atoms with Crippen molar-refractivity contribution in [1.29, 1.82) is 0 Å². The fraction of sp³-hybridized carbons (Fsp3) is 0.250. The number of alkyl halides is 3. The van der Waals surface area contributed by atoms with Crippen LogP contribution in [-0.2, 0) is 22.1 Å². The Kier molecular flexibility index (Phi) is 7.63. The Labute approximate surface area is 207 Å². The van der Waals surface area contributed by atoms with Gasteiger partial charge in [-0.15, -0.1) is 0 Å². The Morgan fingerprint density at radius 1 is 1.17 bits per heavy atom. The van der Waals surface area contributed by atoms with E-state index in [9.17, 15) is 27.6 Å². The fourth-order valence-corrected chi connectivity index (χ4v) is 4.37. The zero-order chi connectivity index (χ0) is 25.7. The number of carbonyl (C=O) groups excluding carboxylic acids is 3. The maximum atomic E-state index is 13.2. The molecule has 0 saturated carbocycles. The third kappa shape index (κ3) is 6.45. The van der Waals surface area contributed by atoms with Gasteiger partial charge in [0.1, 0.15) is 18.2 Å². The van der Waals surface area contributed by atoms with E-state index in [1.165, 1.54) is 30.9 Å². The molecule has 1 fully saturated rings. The Bertz CT molecular complexity index is 1230. The zero-order valence-electron chi connectivity index (χ0n) is 18.6. The SMILES string of the molecule is O=C1NC(=O)C(Cc2ccc(OCCC(OC(=O)n3ccnc3)c3cccc(C(F)(F)F)c3)cc2)S1. The molecule has 0 bridgehead atoms. The van der Waals surface area contributed by atoms with Crippen LogP contribution in [0.1, 0.15) is 29.2 Å². The quantitative estimate of drug-likeness (QED) is 0.448. The first-order valence-electron chi connectivity index (χ1n) is 10.8. The molecule has 2 atom stereocenters. The maximum Gasteiger partial charge on any atom is 0.419 e. The number of nitrogens with one attached hydrogen (secondary N) is 1. The minimum Gasteiger partial charge on any atom is -0.493 e. The second-order valence-electron chi connectivity index (χ2n) is 7.83. The first kappa shape index (κ1) is 25.3. The molecule has 0 spiro atoms. The molecule has 0 aliphatic carbocycles. The van der Waals surface area contributed by atoms with Gasteiger partial charge < -0.3 is 9.47 Å². The predicted molar refractivity (Wildman–Crippen MR) is 123 cm³/mol. The molecule has 12 heteroatoms. The van der Waals surface area contributed by atoms with Gasteiger partial charge in [0.05, 0.1) is 17.4 Å². The number of ether oxygens (including phenoxy) is 2. The van der Waals surface area contributed by atoms with Crippen LogP contribution in [0.2, 0.25) is 0 Å². The summed E-state index contributed by atoms with van der Waals surface area (Å²) in [6, 6.07) is 11.5. The molecule has 2 aromatic carbocycles. The Morgan fingerprint density at radius 2 is 1.94 bits per heavy atom. The average Bonchev–Trinajstić information content (AvgIpc) is 3.49. The lowest BCUT2D eigenvalue weighted by molar-refractivity contribution is -0.137. The summed E-state index contributed by atoms with van der Waals surface area (Å²) in [7, 11) is 0. The van der Waals surface area contributed by atoms with Crippen molar-refractivity contribution >= 4 is 29.0 Å². The van der Waals surface area contributed by atoms with Crippen molar-refractivity contribution in [2.75, 3.05) is 6.61 Å². The molecule has 36 heavy (non-hydrogen) atoms. The summed E-state index contributed by atoms with van der Waals surface area (Å²) >= 11 is 0.946. The van der Waals surface area contributed by atoms with Crippen molar-refractivity contribution < 1.29 is 37.0 Å². The summed E-state index contributed by atoms with van der Waals surface area (Å²) in [5.41, 5.74) is 0.163. The molecular formula is C24H20F3N3O5S. The van der Waals surface area contributed by atoms with Crippen LogP contribution in [-0.4, -0.2) is 38.6 Å². The summed E-state index contributed by atoms with van der Waals surface area (Å²) in [5.74, 6) is 0.165. The van der Waals surface area contributed by atoms with Crippen LogP contribution in [0.3, 0.4) is 0 Å². The van der Waals surface area contributed by atoms with Gasteiger partial charge in [0.15, 0.2) is 0 Å². The van der Waals surface area contributed by atoms with Gasteiger partial charge in [0.2, 0.25) is 5.91 Å². The Morgan fingerprint density at radius 3 is 2.58 bits per heavy atom. The summed E-state index contributed by atoms with van der Waals surface area (Å²) in [6.45, 7) is 0.0485. The van der Waals surface area contributed by atoms with Gasteiger partial charge in [-0.25, -0.2) is 14.3 Å². The molecule has 1 aromatic heterocycles. The second kappa shape index (κ2) is 10.9. The van der Waals surface area contributed by atoms with Crippen molar-refractivity contribution in [2.45, 2.75) is 30.4 Å². The van der Waals surface area contributed by atoms with E-state index < -0.39 is 29.2 Å². The van der Waals surface area contributed by atoms with Crippen molar-refractivity contribution in [1.82, 2.24) is 14.9 Å². The van der Waals surface area contributed by atoms with E-state index in [0.717, 1.165) is 34.0 Å². The number of rotatable bonds is 8. The first-order valence-corrected chi connectivity index (χ1v) is 11.7. The highest BCUT2D eigenvalue weighted by molar-refractivity contribution is 8.15. The summed E-state index contributed by atoms with van der Waals surface area (Å²) in [5, 5.41) is 1.39. The molecule has 188 valence electrons. The molecule has 8 nitrogen and oxygen atoms in total. The number of hydrogen-bond acceptors (Lipinski definition) is 7. The van der Waals surface area contributed by atoms with Gasteiger partial charge in [-0.1, -0.05) is 36.0 Å². The number of imide groups is 1. The molecule has 4 rings (SSSR count). The zero-order valence-corrected chi connectivity index (χ0v) is 19.4. The van der Waals surface area contributed by atoms with Crippen LogP contribution in [0.5, 0.6) is 5.75 Å². The van der Waals surface area contributed by atoms with E-state index in [-0.39, 0.29) is 29.7 Å². The normalized spacial score (nSPS) is 16.5. The van der Waals surface area contributed by atoms with E-state index in [2.05, 4.69) is 10.3 Å². The molecule has 2 heterocycles. The van der Waals surface area contributed by atoms with Crippen LogP contribution in [0.4, 0.5) is 22.8 Å². The van der Waals surface area contributed by atoms with E-state index in [4.69, 9.17) is 9.47 Å². The lowest BCUT2D eigenvalue weighted by Gasteiger charge is -2.20. The molecule has 2 amide bonds. The van der Waals surface area contributed by atoms with Gasteiger partial charge >= 0.3 is 12.3 Å². The van der Waals surface area contributed by atoms with Crippen LogP contribution in [0, 0.1) is 0 Å². The Hall–Kier alpha value is -3.80. The fourth-order valence-electron chi connectivity index (χ4n) is 3.51. The summed E-state index contributed by atoms with van der Waals surface area (Å²) in [6.07, 6.45) is -1.89. The number of thioether (sulfide) groups is 1. The number of halogens is 3. The largest absolute Gasteiger partial charge is 0.493 e. The maximum absolute atomic E-state index is 13.2. The third-order valence-corrected chi connectivity index (χ3v) is 6.29. The van der Waals surface area contributed by atoms with Crippen molar-refractivity contribution in [3.8, 4) is 5.75 Å². The van der Waals surface area contributed by atoms with Crippen molar-refractivity contribution in [2.24, 2.45) is 0 Å². The van der Waals surface area contributed by atoms with Crippen LogP contribution in [0.15, 0.2) is 67.3 Å². The van der Waals surface area contributed by atoms with E-state index in [1.807, 2.05) is 0 Å². The molecule has 1 aliphatic rings. The van der Waals surface area contributed by atoms with Gasteiger partial charge in [0.25, 0.3) is 5.24 Å². The lowest BCUT2D eigenvalue weighted by atomic mass is 10.0. The van der Waals surface area contributed by atoms with Crippen LogP contribution >= 0.6 is 11.8 Å². The van der Waals surface area contributed by atoms with E-state index in [1.54, 1.807) is 24.3 Å². The Balaban J connectivity index is 1.40. The topological polar surface area (TPSA) is 99.5 Å². The predicted octanol–water partition coefficient (Wildman–Crippen LogP) is 4.99. The molecule has 0 radical (unpaired) electrons. The van der Waals surface area contributed by atoms with Crippen molar-refractivity contribution in [3.63, 3.8) is 0 Å². The number of carbonyl (C=O) groups is 3. The number of aromatic nitrogens is 2. The molecule has 1 aliphatic heterocycles. The van der Waals surface area contributed by atoms with Gasteiger partial charge in [-0.2, -0.15) is 13.2 Å². The monoisotopic (exact) mass is 519 g/mol. The average molecular weight is 520 g/mol. The van der Waals surface area contributed by atoms with Gasteiger partial charge in [0, 0.05) is 18.8 Å². The highest BCUT2D eigenvalue weighted by atomic mass is 32.2. The van der Waals surface area contributed by atoms with E-state index >= 15 is 0 Å². The second-order valence-corrected chi connectivity index (χ2v) is 9.01. The van der Waals surface area contributed by atoms with Gasteiger partial charge in [-0.3, -0.25) is 14.9 Å². The molecular weight excluding hydrogens is 499 g/mol. The van der Waals surface area contributed by atoms with Crippen LogP contribution in [0.25, 0.3) is 0 Å². The molecule has 1 saturated heterocycles. The van der Waals surface area contributed by atoms with E-state index in [0.29, 0.717) is 12.2 Å². The lowest BCUT2D eigenvalue weighted by Crippen LogP contribution is -2.25. The number of nitrogens with zero attached hydrogens (tertiary/aromatic N) is 2. The summed E-state index contributed by atoms with van der Waals surface area (Å²) < 4.78 is 51.9. The van der Waals surface area contributed by atoms with Crippen LogP contribution < -0.4 is 10.1 Å². The first-order chi connectivity index (χ1) is 17.2. The van der Waals surface area contributed by atoms with Gasteiger partial charge in [-0.05, 0) is 41.8 Å². The minimum absolute atomic E-state index is 0.0485. The number of hydrogen-bond donors (Lipinski definition) is 1.